The molecule has 0 unspecified atom stereocenters. The van der Waals surface area contributed by atoms with Crippen molar-refractivity contribution in [2.24, 2.45) is 17.8 Å². The van der Waals surface area contributed by atoms with E-state index in [-0.39, 0.29) is 50.8 Å². The minimum Gasteiger partial charge on any atom is -0.480 e. The van der Waals surface area contributed by atoms with Crippen LogP contribution in [0.1, 0.15) is 206 Å². The molecule has 11 amide bonds. The first-order valence-corrected chi connectivity index (χ1v) is 49.8. The van der Waals surface area contributed by atoms with E-state index in [1.165, 1.54) is 40.3 Å². The van der Waals surface area contributed by atoms with Gasteiger partial charge >= 0.3 is 12.1 Å². The molecule has 740 valence electrons. The number of fused-ring (bicyclic) bond motifs is 3. The zero-order valence-corrected chi connectivity index (χ0v) is 83.2. The molecule has 28 nitrogen and oxygen atoms in total. The maximum Gasteiger partial charge on any atom is 0.407 e. The van der Waals surface area contributed by atoms with Gasteiger partial charge in [0.15, 0.2) is 0 Å². The van der Waals surface area contributed by atoms with E-state index in [4.69, 9.17) is 18.9 Å². The molecule has 3 saturated heterocycles. The molecule has 0 aromatic heterocycles. The van der Waals surface area contributed by atoms with Gasteiger partial charge in [-0.2, -0.15) is 0 Å². The van der Waals surface area contributed by atoms with Crippen molar-refractivity contribution in [3.8, 4) is 11.1 Å². The Hall–Kier alpha value is -12.6. The predicted molar refractivity (Wildman–Crippen MR) is 534 cm³/mol. The van der Waals surface area contributed by atoms with Crippen molar-refractivity contribution < 1.29 is 81.6 Å². The molecule has 12 rings (SSSR count). The Balaban J connectivity index is 0.803. The standard InChI is InChI=1S/C110H137N11O17S/c1-16-68(4)91(100(127)111-72(8)96(123)118-94(73(9)137-108(13,14)15)101(128)112-71(7)95(122)113-86(66-136-107(10,11)12)97(124)116-92(69(5)17-2)104(131)120-62-42-60-89(120)103(130)119-61-41-59-88(119)98(125)117-93(105(132)133)70(6)18-3)115-99(126)90-63-80(138-109(74-43-25-19-26-44-74,75-45-27-20-28-46-75)76-47-29-21-30-48-76)64-121(90)102(129)87(114-106(134)135-65-85-83-57-39-37-55-81(83)82-56-38-40-58-84(82)85)67-139-110(77-49-31-22-32-50-77,78-51-33-23-34-52-78)79-53-35-24-36-54-79/h19-40,43-58,68-73,80,85-94H,16-18,41-42,59-67H2,1-15H3,(H,111,127)(H,112,128)(H,113,122)(H,114,134)(H,115,126)(H,116,124)(H,117,125)(H,118,123)(H,132,133)/t68-,69-,70-,71-,72-,73+,80+,86-,87-,88-,89-,90-,91-,92-,93-,94-/m0/s1. The summed E-state index contributed by atoms with van der Waals surface area (Å²) in [6.07, 6.45) is -0.437. The van der Waals surface area contributed by atoms with E-state index in [0.717, 1.165) is 55.6 Å². The molecule has 29 heteroatoms. The number of amides is 11. The van der Waals surface area contributed by atoms with Gasteiger partial charge in [0.1, 0.15) is 78.7 Å². The van der Waals surface area contributed by atoms with Gasteiger partial charge in [-0.1, -0.05) is 291 Å². The molecule has 4 aliphatic rings. The lowest BCUT2D eigenvalue weighted by Crippen LogP contribution is -2.63. The number of likely N-dealkylation sites (tertiary alicyclic amines) is 3. The number of carboxylic acids is 1. The summed E-state index contributed by atoms with van der Waals surface area (Å²) in [4.78, 5) is 183. The van der Waals surface area contributed by atoms with Crippen LogP contribution >= 0.6 is 11.8 Å². The number of hydrogen-bond acceptors (Lipinski definition) is 17. The molecule has 139 heavy (non-hydrogen) atoms. The second kappa shape index (κ2) is 47.4. The number of benzene rings is 8. The summed E-state index contributed by atoms with van der Waals surface area (Å²) in [5, 5.41) is 32.6. The van der Waals surface area contributed by atoms with Crippen molar-refractivity contribution in [2.45, 2.75) is 261 Å². The normalized spacial score (nSPS) is 18.6. The molecular formula is C110H137N11O17S. The average Bonchev–Trinajstić information content (AvgIpc) is 1.52. The Morgan fingerprint density at radius 3 is 1.31 bits per heavy atom. The third-order valence-corrected chi connectivity index (χ3v) is 28.7. The highest BCUT2D eigenvalue weighted by Gasteiger charge is 2.52. The third-order valence-electron chi connectivity index (χ3n) is 27.1. The number of carbonyl (C=O) groups is 12. The van der Waals surface area contributed by atoms with Gasteiger partial charge in [0.2, 0.25) is 59.1 Å². The van der Waals surface area contributed by atoms with Crippen molar-refractivity contribution in [1.82, 2.24) is 57.2 Å². The number of thioether (sulfide) groups is 1. The van der Waals surface area contributed by atoms with Crippen LogP contribution in [0.25, 0.3) is 11.1 Å². The van der Waals surface area contributed by atoms with E-state index in [0.29, 0.717) is 38.5 Å². The number of carbonyl (C=O) groups excluding carboxylic acids is 11. The van der Waals surface area contributed by atoms with Crippen molar-refractivity contribution in [1.29, 1.82) is 0 Å². The molecule has 1 aliphatic carbocycles. The number of alkyl carbamates (subject to hydrolysis) is 1. The lowest BCUT2D eigenvalue weighted by molar-refractivity contribution is -0.149. The maximum atomic E-state index is 16.9. The Morgan fingerprint density at radius 2 is 0.835 bits per heavy atom. The second-order valence-electron chi connectivity index (χ2n) is 39.1. The van der Waals surface area contributed by atoms with Crippen LogP contribution in [0.15, 0.2) is 231 Å². The van der Waals surface area contributed by atoms with Gasteiger partial charge < -0.3 is 81.3 Å². The van der Waals surface area contributed by atoms with Gasteiger partial charge in [0.25, 0.3) is 0 Å². The Kier molecular flexibility index (Phi) is 35.9. The maximum absolute atomic E-state index is 16.9. The SMILES string of the molecule is CC[C@H](C)[C@H](NC(=O)[C@@H]1CCCN1C(=O)[C@@H]1CCCN1C(=O)[C@@H](NC(=O)[C@H](COC(C)(C)C)NC(=O)[C@H](C)NC(=O)[C@@H](NC(=O)[C@H](C)NC(=O)[C@@H](NC(=O)[C@@H]1C[C@@H](OC(c2ccccc2)(c2ccccc2)c2ccccc2)CN1C(=O)[C@H](CSC(c1ccccc1)(c1ccccc1)c1ccccc1)NC(=O)OCC1c2ccccc2-c2ccccc21)[C@@H](C)CC)[C@@H](C)OC(C)(C)C)[C@@H](C)CC)C(=O)O. The highest BCUT2D eigenvalue weighted by Crippen LogP contribution is 2.50. The highest BCUT2D eigenvalue weighted by atomic mass is 32.2. The summed E-state index contributed by atoms with van der Waals surface area (Å²) >= 11 is 1.43. The fraction of sp³-hybridized carbons (Fsp3) is 0.455. The van der Waals surface area contributed by atoms with Crippen molar-refractivity contribution in [3.05, 3.63) is 275 Å². The van der Waals surface area contributed by atoms with Crippen LogP contribution in [0.5, 0.6) is 0 Å². The molecule has 8 aromatic rings. The first-order valence-electron chi connectivity index (χ1n) is 48.8. The Morgan fingerprint density at radius 1 is 0.417 bits per heavy atom. The summed E-state index contributed by atoms with van der Waals surface area (Å²) in [5.74, 6) is -10.5. The van der Waals surface area contributed by atoms with Crippen LogP contribution in [0, 0.1) is 17.8 Å². The monoisotopic (exact) mass is 1920 g/mol. The van der Waals surface area contributed by atoms with Crippen molar-refractivity contribution >= 4 is 82.9 Å². The van der Waals surface area contributed by atoms with Crippen LogP contribution in [0.3, 0.4) is 0 Å². The smallest absolute Gasteiger partial charge is 0.407 e. The molecule has 0 spiro atoms. The number of nitrogens with one attached hydrogen (secondary N) is 8. The largest absolute Gasteiger partial charge is 0.480 e. The summed E-state index contributed by atoms with van der Waals surface area (Å²) in [6, 6.07) is 60.3. The van der Waals surface area contributed by atoms with Crippen LogP contribution < -0.4 is 42.5 Å². The number of aliphatic carboxylic acids is 1. The summed E-state index contributed by atoms with van der Waals surface area (Å²) < 4.78 is 25.5. The molecule has 3 heterocycles. The summed E-state index contributed by atoms with van der Waals surface area (Å²) in [5.41, 5.74) is 5.72. The number of ether oxygens (including phenoxy) is 4. The van der Waals surface area contributed by atoms with Crippen molar-refractivity contribution in [2.75, 3.05) is 38.6 Å². The number of nitrogens with zero attached hydrogens (tertiary/aromatic N) is 3. The fourth-order valence-electron chi connectivity index (χ4n) is 19.1. The average molecular weight is 1920 g/mol. The van der Waals surface area contributed by atoms with Gasteiger partial charge in [-0.3, -0.25) is 47.9 Å². The number of hydrogen-bond donors (Lipinski definition) is 9. The summed E-state index contributed by atoms with van der Waals surface area (Å²) in [7, 11) is 0. The fourth-order valence-corrected chi connectivity index (χ4v) is 20.7. The molecular weight excluding hydrogens is 1780 g/mol. The zero-order chi connectivity index (χ0) is 100. The van der Waals surface area contributed by atoms with Crippen LogP contribution in [-0.4, -0.2) is 219 Å². The number of rotatable bonds is 42. The molecule has 8 aromatic carbocycles. The van der Waals surface area contributed by atoms with E-state index in [1.54, 1.807) is 69.2 Å². The minimum absolute atomic E-state index is 0.0848. The van der Waals surface area contributed by atoms with Gasteiger partial charge in [0.05, 0.1) is 34.8 Å². The predicted octanol–water partition coefficient (Wildman–Crippen LogP) is 13.3. The third kappa shape index (κ3) is 25.4. The zero-order valence-electron chi connectivity index (χ0n) is 82.4. The van der Waals surface area contributed by atoms with E-state index in [1.807, 2.05) is 251 Å². The lowest BCUT2D eigenvalue weighted by atomic mass is 9.80. The first-order chi connectivity index (χ1) is 66.4. The first kappa shape index (κ1) is 105. The van der Waals surface area contributed by atoms with Gasteiger partial charge in [-0.25, -0.2) is 9.59 Å². The molecule has 16 atom stereocenters. The molecule has 0 saturated carbocycles. The molecule has 9 N–H and O–H groups in total. The van der Waals surface area contributed by atoms with Gasteiger partial charge in [-0.15, -0.1) is 11.8 Å². The molecule has 0 bridgehead atoms. The minimum atomic E-state index is -1.57. The highest BCUT2D eigenvalue weighted by molar-refractivity contribution is 8.00. The van der Waals surface area contributed by atoms with Crippen molar-refractivity contribution in [3.63, 3.8) is 0 Å². The quantitative estimate of drug-likeness (QED) is 0.0160. The van der Waals surface area contributed by atoms with E-state index < -0.39 is 196 Å². The van der Waals surface area contributed by atoms with Crippen LogP contribution in [-0.2, 0) is 82.0 Å². The molecule has 0 radical (unpaired) electrons. The van der Waals surface area contributed by atoms with Gasteiger partial charge in [-0.05, 0) is 161 Å². The van der Waals surface area contributed by atoms with Gasteiger partial charge in [0, 0.05) is 37.7 Å². The lowest BCUT2D eigenvalue weighted by Gasteiger charge is -2.38. The van der Waals surface area contributed by atoms with Crippen LogP contribution in [0.4, 0.5) is 4.79 Å². The van der Waals surface area contributed by atoms with Crippen LogP contribution in [0.2, 0.25) is 0 Å². The van der Waals surface area contributed by atoms with E-state index in [2.05, 4.69) is 42.5 Å². The van der Waals surface area contributed by atoms with E-state index >= 15 is 24.0 Å². The van der Waals surface area contributed by atoms with E-state index in [9.17, 15) is 38.7 Å². The summed E-state index contributed by atoms with van der Waals surface area (Å²) in [6.45, 7) is 25.2. The second-order valence-corrected chi connectivity index (χ2v) is 40.3. The molecule has 3 fully saturated rings. The molecule has 3 aliphatic heterocycles. The Labute approximate surface area is 820 Å². The Bertz CT molecular complexity index is 5320. The topological polar surface area (TPSA) is 368 Å². The number of carboxylic acid groups (broad SMARTS) is 1.